The Morgan fingerprint density at radius 3 is 2.69 bits per heavy atom. The zero-order chi connectivity index (χ0) is 23.1. The standard InChI is InChI=1S/C25H30O5S2/c1-25(30,15-17-7-8-18-5-2-3-6-19(18)13-17)10-9-20-21(26)14-22(27)24(20)32-12-4-11-31-16-23(28)29/h2-3,5-10,13,20-21,24,26,30H,4,11-12,14-16H2,1H3,(H,28,29)/t20-,21+,24+,25?/m0/s1. The maximum Gasteiger partial charge on any atom is 0.313 e. The Morgan fingerprint density at radius 1 is 1.19 bits per heavy atom. The molecule has 0 saturated heterocycles. The van der Waals surface area contributed by atoms with Crippen molar-refractivity contribution in [3.63, 3.8) is 0 Å². The van der Waals surface area contributed by atoms with Crippen LogP contribution in [0.5, 0.6) is 0 Å². The number of carboxylic acid groups (broad SMARTS) is 1. The first-order valence-corrected chi connectivity index (χ1v) is 13.0. The molecule has 172 valence electrons. The largest absolute Gasteiger partial charge is 0.481 e. The normalized spacial score (nSPS) is 23.1. The first kappa shape index (κ1) is 24.8. The van der Waals surface area contributed by atoms with Gasteiger partial charge in [-0.05, 0) is 41.2 Å². The number of fused-ring (bicyclic) bond motifs is 1. The SMILES string of the molecule is CC(O)(C=C[C@H]1[C@H](O)CC(=O)[C@@H]1SCCCSCC(=O)O)Cc1ccc2ccccc2c1. The van der Waals surface area contributed by atoms with E-state index in [1.807, 2.05) is 30.3 Å². The first-order chi connectivity index (χ1) is 15.2. The van der Waals surface area contributed by atoms with Gasteiger partial charge in [0.25, 0.3) is 0 Å². The van der Waals surface area contributed by atoms with E-state index in [9.17, 15) is 19.8 Å². The van der Waals surface area contributed by atoms with E-state index in [1.54, 1.807) is 19.1 Å². The Morgan fingerprint density at radius 2 is 1.94 bits per heavy atom. The molecule has 5 nitrogen and oxygen atoms in total. The van der Waals surface area contributed by atoms with E-state index in [4.69, 9.17) is 5.11 Å². The Labute approximate surface area is 197 Å². The lowest BCUT2D eigenvalue weighted by atomic mass is 9.92. The van der Waals surface area contributed by atoms with Crippen molar-refractivity contribution in [2.75, 3.05) is 17.3 Å². The molecule has 0 bridgehead atoms. The third-order valence-corrected chi connectivity index (χ3v) is 8.02. The minimum Gasteiger partial charge on any atom is -0.481 e. The minimum atomic E-state index is -1.10. The molecule has 2 aromatic carbocycles. The summed E-state index contributed by atoms with van der Waals surface area (Å²) >= 11 is 2.88. The van der Waals surface area contributed by atoms with Crippen LogP contribution in [0.15, 0.2) is 54.6 Å². The molecule has 1 fully saturated rings. The fourth-order valence-electron chi connectivity index (χ4n) is 3.98. The van der Waals surface area contributed by atoms with Gasteiger partial charge in [0, 0.05) is 18.8 Å². The predicted molar refractivity (Wildman–Crippen MR) is 132 cm³/mol. The molecular formula is C25H30O5S2. The second kappa shape index (κ2) is 11.4. The number of aliphatic hydroxyl groups is 2. The monoisotopic (exact) mass is 474 g/mol. The second-order valence-corrected chi connectivity index (χ2v) is 10.8. The maximum absolute atomic E-state index is 12.4. The fraction of sp³-hybridized carbons (Fsp3) is 0.440. The van der Waals surface area contributed by atoms with Gasteiger partial charge in [0.1, 0.15) is 5.78 Å². The van der Waals surface area contributed by atoms with Gasteiger partial charge in [-0.1, -0.05) is 54.6 Å². The van der Waals surface area contributed by atoms with Gasteiger partial charge >= 0.3 is 5.97 Å². The summed E-state index contributed by atoms with van der Waals surface area (Å²) < 4.78 is 0. The van der Waals surface area contributed by atoms with Crippen molar-refractivity contribution >= 4 is 46.0 Å². The smallest absolute Gasteiger partial charge is 0.313 e. The molecule has 0 spiro atoms. The molecule has 0 aliphatic heterocycles. The van der Waals surface area contributed by atoms with E-state index in [2.05, 4.69) is 12.1 Å². The topological polar surface area (TPSA) is 94.8 Å². The Bertz CT molecular complexity index is 972. The molecule has 1 unspecified atom stereocenters. The molecule has 1 aliphatic carbocycles. The predicted octanol–water partition coefficient (Wildman–Crippen LogP) is 3.95. The number of benzene rings is 2. The molecule has 3 N–H and O–H groups in total. The van der Waals surface area contributed by atoms with E-state index in [-0.39, 0.29) is 29.1 Å². The highest BCUT2D eigenvalue weighted by molar-refractivity contribution is 8.01. The zero-order valence-electron chi connectivity index (χ0n) is 18.1. The van der Waals surface area contributed by atoms with Crippen LogP contribution >= 0.6 is 23.5 Å². The third-order valence-electron chi connectivity index (χ3n) is 5.53. The molecule has 0 radical (unpaired) electrons. The Balaban J connectivity index is 1.58. The van der Waals surface area contributed by atoms with Crippen molar-refractivity contribution in [1.29, 1.82) is 0 Å². The summed E-state index contributed by atoms with van der Waals surface area (Å²) in [6, 6.07) is 14.2. The van der Waals surface area contributed by atoms with Crippen molar-refractivity contribution in [1.82, 2.24) is 0 Å². The molecule has 7 heteroatoms. The van der Waals surface area contributed by atoms with E-state index in [0.717, 1.165) is 34.3 Å². The lowest BCUT2D eigenvalue weighted by Crippen LogP contribution is -2.27. The minimum absolute atomic E-state index is 0.0320. The zero-order valence-corrected chi connectivity index (χ0v) is 19.8. The number of carbonyl (C=O) groups is 2. The average molecular weight is 475 g/mol. The van der Waals surface area contributed by atoms with Crippen LogP contribution in [-0.4, -0.2) is 61.3 Å². The van der Waals surface area contributed by atoms with Gasteiger partial charge in [-0.3, -0.25) is 9.59 Å². The number of thioether (sulfide) groups is 2. The number of aliphatic carboxylic acids is 1. The van der Waals surface area contributed by atoms with Crippen LogP contribution in [-0.2, 0) is 16.0 Å². The van der Waals surface area contributed by atoms with Gasteiger partial charge in [-0.15, -0.1) is 11.8 Å². The number of carboxylic acids is 1. The van der Waals surface area contributed by atoms with Crippen molar-refractivity contribution in [2.45, 2.75) is 43.1 Å². The van der Waals surface area contributed by atoms with Crippen LogP contribution in [0.1, 0.15) is 25.3 Å². The van der Waals surface area contributed by atoms with E-state index >= 15 is 0 Å². The van der Waals surface area contributed by atoms with Crippen molar-refractivity contribution < 1.29 is 24.9 Å². The lowest BCUT2D eigenvalue weighted by molar-refractivity contribution is -0.133. The number of Topliss-reactive ketones (excluding diaryl/α,β-unsaturated/α-hetero) is 1. The summed E-state index contributed by atoms with van der Waals surface area (Å²) in [5.41, 5.74) is -0.0811. The van der Waals surface area contributed by atoms with E-state index in [0.29, 0.717) is 6.42 Å². The summed E-state index contributed by atoms with van der Waals surface area (Å²) in [5, 5.41) is 32.0. The molecule has 0 aromatic heterocycles. The highest BCUT2D eigenvalue weighted by Gasteiger charge is 2.40. The van der Waals surface area contributed by atoms with Gasteiger partial charge < -0.3 is 15.3 Å². The van der Waals surface area contributed by atoms with Crippen LogP contribution in [0.4, 0.5) is 0 Å². The van der Waals surface area contributed by atoms with Crippen molar-refractivity contribution in [2.24, 2.45) is 5.92 Å². The van der Waals surface area contributed by atoms with Crippen LogP contribution < -0.4 is 0 Å². The molecule has 1 aliphatic rings. The summed E-state index contributed by atoms with van der Waals surface area (Å²) in [4.78, 5) is 22.9. The van der Waals surface area contributed by atoms with Gasteiger partial charge in [-0.25, -0.2) is 0 Å². The summed E-state index contributed by atoms with van der Waals surface area (Å²) in [7, 11) is 0. The maximum atomic E-state index is 12.4. The van der Waals surface area contributed by atoms with Crippen LogP contribution in [0.3, 0.4) is 0 Å². The van der Waals surface area contributed by atoms with Gasteiger partial charge in [0.2, 0.25) is 0 Å². The quantitative estimate of drug-likeness (QED) is 0.335. The highest BCUT2D eigenvalue weighted by atomic mass is 32.2. The fourth-order valence-corrected chi connectivity index (χ4v) is 6.17. The Hall–Kier alpha value is -1.80. The molecule has 3 rings (SSSR count). The number of aliphatic hydroxyl groups excluding tert-OH is 1. The van der Waals surface area contributed by atoms with E-state index in [1.165, 1.54) is 23.5 Å². The first-order valence-electron chi connectivity index (χ1n) is 10.8. The number of carbonyl (C=O) groups excluding carboxylic acids is 1. The Kier molecular flexibility index (Phi) is 8.82. The van der Waals surface area contributed by atoms with Gasteiger partial charge in [0.05, 0.1) is 22.7 Å². The molecule has 2 aromatic rings. The summed E-state index contributed by atoms with van der Waals surface area (Å²) in [6.45, 7) is 1.74. The van der Waals surface area contributed by atoms with Crippen LogP contribution in [0.25, 0.3) is 10.8 Å². The van der Waals surface area contributed by atoms with Gasteiger partial charge in [0.15, 0.2) is 0 Å². The van der Waals surface area contributed by atoms with E-state index < -0.39 is 17.7 Å². The van der Waals surface area contributed by atoms with Gasteiger partial charge in [-0.2, -0.15) is 11.8 Å². The highest BCUT2D eigenvalue weighted by Crippen LogP contribution is 2.35. The third kappa shape index (κ3) is 7.10. The number of rotatable bonds is 11. The summed E-state index contributed by atoms with van der Waals surface area (Å²) in [5.74, 6) is 0.421. The molecular weight excluding hydrogens is 444 g/mol. The van der Waals surface area contributed by atoms with Crippen LogP contribution in [0, 0.1) is 5.92 Å². The number of hydrogen-bond donors (Lipinski definition) is 3. The second-order valence-electron chi connectivity index (χ2n) is 8.48. The molecule has 4 atom stereocenters. The number of ketones is 1. The van der Waals surface area contributed by atoms with Crippen molar-refractivity contribution in [3.05, 3.63) is 60.2 Å². The molecule has 1 saturated carbocycles. The summed E-state index contributed by atoms with van der Waals surface area (Å²) in [6.07, 6.45) is 4.14. The lowest BCUT2D eigenvalue weighted by Gasteiger charge is -2.22. The number of hydrogen-bond acceptors (Lipinski definition) is 6. The van der Waals surface area contributed by atoms with Crippen LogP contribution in [0.2, 0.25) is 0 Å². The molecule has 32 heavy (non-hydrogen) atoms. The molecule has 0 amide bonds. The average Bonchev–Trinajstić information content (AvgIpc) is 3.00. The molecule has 0 heterocycles. The van der Waals surface area contributed by atoms with Crippen molar-refractivity contribution in [3.8, 4) is 0 Å².